The summed E-state index contributed by atoms with van der Waals surface area (Å²) >= 11 is 0. The number of methoxy groups -OCH3 is 1. The Hall–Kier alpha value is -2.17. The smallest absolute Gasteiger partial charge is 0.294 e. The maximum absolute atomic E-state index is 12.4. The van der Waals surface area contributed by atoms with E-state index in [9.17, 15) is 4.79 Å². The number of anilines is 1. The first-order chi connectivity index (χ1) is 9.15. The predicted molar refractivity (Wildman–Crippen MR) is 73.9 cm³/mol. The highest BCUT2D eigenvalue weighted by atomic mass is 16.5. The van der Waals surface area contributed by atoms with E-state index in [-0.39, 0.29) is 5.56 Å². The average molecular weight is 259 g/mol. The van der Waals surface area contributed by atoms with E-state index < -0.39 is 0 Å². The van der Waals surface area contributed by atoms with E-state index in [0.29, 0.717) is 17.4 Å². The molecule has 2 aromatic rings. The molecule has 5 heteroatoms. The average Bonchev–Trinajstić information content (AvgIpc) is 3.21. The van der Waals surface area contributed by atoms with Crippen LogP contribution in [0.1, 0.15) is 24.5 Å². The Morgan fingerprint density at radius 2 is 2.00 bits per heavy atom. The topological polar surface area (TPSA) is 62.2 Å². The van der Waals surface area contributed by atoms with Gasteiger partial charge in [0.15, 0.2) is 0 Å². The molecule has 2 N–H and O–H groups in total. The molecule has 1 aromatic heterocycles. The van der Waals surface area contributed by atoms with Gasteiger partial charge in [-0.25, -0.2) is 4.68 Å². The van der Waals surface area contributed by atoms with Crippen molar-refractivity contribution in [3.63, 3.8) is 0 Å². The third kappa shape index (κ3) is 1.73. The first-order valence-electron chi connectivity index (χ1n) is 6.36. The summed E-state index contributed by atoms with van der Waals surface area (Å²) in [6, 6.07) is 7.45. The molecule has 1 aromatic carbocycles. The third-order valence-corrected chi connectivity index (χ3v) is 3.62. The first-order valence-corrected chi connectivity index (χ1v) is 6.36. The van der Waals surface area contributed by atoms with E-state index in [1.807, 2.05) is 36.0 Å². The quantitative estimate of drug-likeness (QED) is 0.911. The Morgan fingerprint density at radius 1 is 1.32 bits per heavy atom. The first kappa shape index (κ1) is 11.9. The fourth-order valence-electron chi connectivity index (χ4n) is 2.56. The van der Waals surface area contributed by atoms with Crippen molar-refractivity contribution in [3.05, 3.63) is 40.3 Å². The third-order valence-electron chi connectivity index (χ3n) is 3.62. The van der Waals surface area contributed by atoms with E-state index in [4.69, 9.17) is 10.5 Å². The van der Waals surface area contributed by atoms with Gasteiger partial charge in [0.05, 0.1) is 12.8 Å². The van der Waals surface area contributed by atoms with Gasteiger partial charge in [-0.3, -0.25) is 9.48 Å². The van der Waals surface area contributed by atoms with Crippen molar-refractivity contribution in [2.75, 3.05) is 12.8 Å². The number of para-hydroxylation sites is 2. The number of aromatic nitrogens is 2. The van der Waals surface area contributed by atoms with Crippen LogP contribution in [0.4, 0.5) is 5.69 Å². The van der Waals surface area contributed by atoms with Gasteiger partial charge in [0, 0.05) is 13.0 Å². The number of nitrogens with two attached hydrogens (primary N) is 1. The second kappa shape index (κ2) is 4.19. The van der Waals surface area contributed by atoms with Crippen LogP contribution in [0.5, 0.6) is 5.75 Å². The lowest BCUT2D eigenvalue weighted by atomic mass is 10.2. The second-order valence-electron chi connectivity index (χ2n) is 4.89. The molecule has 0 aliphatic heterocycles. The fourth-order valence-corrected chi connectivity index (χ4v) is 2.56. The molecule has 3 rings (SSSR count). The Balaban J connectivity index is 2.26. The summed E-state index contributed by atoms with van der Waals surface area (Å²) in [4.78, 5) is 12.4. The van der Waals surface area contributed by atoms with Gasteiger partial charge in [-0.05, 0) is 25.0 Å². The zero-order valence-electron chi connectivity index (χ0n) is 11.1. The normalized spacial score (nSPS) is 14.6. The number of nitrogens with zero attached hydrogens (tertiary/aromatic N) is 2. The minimum absolute atomic E-state index is 0.172. The molecule has 0 amide bonds. The number of rotatable bonds is 3. The number of hydrogen-bond donors (Lipinski definition) is 1. The van der Waals surface area contributed by atoms with Crippen LogP contribution in [0.25, 0.3) is 5.69 Å². The summed E-state index contributed by atoms with van der Waals surface area (Å²) in [5, 5.41) is 0. The minimum Gasteiger partial charge on any atom is -0.494 e. The molecular weight excluding hydrogens is 242 g/mol. The minimum atomic E-state index is -0.172. The van der Waals surface area contributed by atoms with Crippen molar-refractivity contribution >= 4 is 5.69 Å². The van der Waals surface area contributed by atoms with E-state index in [2.05, 4.69) is 0 Å². The van der Waals surface area contributed by atoms with Crippen LogP contribution in [0.15, 0.2) is 29.1 Å². The van der Waals surface area contributed by atoms with Crippen molar-refractivity contribution in [1.82, 2.24) is 9.36 Å². The Labute approximate surface area is 111 Å². The Morgan fingerprint density at radius 3 is 2.63 bits per heavy atom. The molecule has 1 aliphatic carbocycles. The standard InChI is InChI=1S/C14H17N3O2/c1-16-13(9-7-8-9)12(15)14(18)17(16)10-5-3-4-6-11(10)19-2/h3-6,9H,7-8,15H2,1-2H3. The summed E-state index contributed by atoms with van der Waals surface area (Å²) in [5.74, 6) is 1.08. The molecular formula is C14H17N3O2. The van der Waals surface area contributed by atoms with Gasteiger partial charge >= 0.3 is 0 Å². The summed E-state index contributed by atoms with van der Waals surface area (Å²) in [6.45, 7) is 0. The van der Waals surface area contributed by atoms with Crippen LogP contribution in [0, 0.1) is 0 Å². The zero-order chi connectivity index (χ0) is 13.6. The van der Waals surface area contributed by atoms with Gasteiger partial charge in [-0.1, -0.05) is 12.1 Å². The maximum Gasteiger partial charge on any atom is 0.294 e. The molecule has 1 heterocycles. The number of hydrogen-bond acceptors (Lipinski definition) is 3. The molecule has 0 spiro atoms. The highest BCUT2D eigenvalue weighted by Gasteiger charge is 2.32. The fraction of sp³-hybridized carbons (Fsp3) is 0.357. The van der Waals surface area contributed by atoms with Gasteiger partial charge in [-0.15, -0.1) is 0 Å². The Kier molecular flexibility index (Phi) is 2.62. The van der Waals surface area contributed by atoms with Crippen molar-refractivity contribution < 1.29 is 4.74 Å². The molecule has 1 fully saturated rings. The van der Waals surface area contributed by atoms with Crippen LogP contribution in [0.2, 0.25) is 0 Å². The molecule has 100 valence electrons. The largest absolute Gasteiger partial charge is 0.494 e. The molecule has 5 nitrogen and oxygen atoms in total. The molecule has 0 unspecified atom stereocenters. The second-order valence-corrected chi connectivity index (χ2v) is 4.89. The SMILES string of the molecule is COc1ccccc1-n1c(=O)c(N)c(C2CC2)n1C. The van der Waals surface area contributed by atoms with Gasteiger partial charge in [0.2, 0.25) is 0 Å². The number of ether oxygens (including phenoxy) is 1. The monoisotopic (exact) mass is 259 g/mol. The van der Waals surface area contributed by atoms with Crippen LogP contribution in [-0.2, 0) is 7.05 Å². The van der Waals surface area contributed by atoms with E-state index in [1.165, 1.54) is 0 Å². The lowest BCUT2D eigenvalue weighted by Gasteiger charge is -2.12. The van der Waals surface area contributed by atoms with Gasteiger partial charge in [-0.2, -0.15) is 0 Å². The Bertz CT molecular complexity index is 680. The molecule has 0 bridgehead atoms. The molecule has 0 saturated heterocycles. The summed E-state index contributed by atoms with van der Waals surface area (Å²) < 4.78 is 8.76. The van der Waals surface area contributed by atoms with Crippen LogP contribution < -0.4 is 16.0 Å². The molecule has 19 heavy (non-hydrogen) atoms. The number of benzene rings is 1. The zero-order valence-corrected chi connectivity index (χ0v) is 11.1. The van der Waals surface area contributed by atoms with Crippen molar-refractivity contribution in [2.24, 2.45) is 7.05 Å². The van der Waals surface area contributed by atoms with Crippen LogP contribution >= 0.6 is 0 Å². The van der Waals surface area contributed by atoms with Crippen LogP contribution in [-0.4, -0.2) is 16.5 Å². The highest BCUT2D eigenvalue weighted by Crippen LogP contribution is 2.42. The van der Waals surface area contributed by atoms with Crippen molar-refractivity contribution in [2.45, 2.75) is 18.8 Å². The van der Waals surface area contributed by atoms with Gasteiger partial charge < -0.3 is 10.5 Å². The summed E-state index contributed by atoms with van der Waals surface area (Å²) in [5.41, 5.74) is 7.82. The van der Waals surface area contributed by atoms with Crippen molar-refractivity contribution in [1.29, 1.82) is 0 Å². The van der Waals surface area contributed by atoms with Gasteiger partial charge in [0.1, 0.15) is 17.1 Å². The summed E-state index contributed by atoms with van der Waals surface area (Å²) in [6.07, 6.45) is 2.21. The van der Waals surface area contributed by atoms with Gasteiger partial charge in [0.25, 0.3) is 5.56 Å². The maximum atomic E-state index is 12.4. The molecule has 1 aliphatic rings. The summed E-state index contributed by atoms with van der Waals surface area (Å²) in [7, 11) is 3.47. The molecule has 0 atom stereocenters. The highest BCUT2D eigenvalue weighted by molar-refractivity contribution is 5.52. The predicted octanol–water partition coefficient (Wildman–Crippen LogP) is 1.64. The van der Waals surface area contributed by atoms with E-state index in [0.717, 1.165) is 24.2 Å². The molecule has 0 radical (unpaired) electrons. The lowest BCUT2D eigenvalue weighted by Crippen LogP contribution is -2.21. The van der Waals surface area contributed by atoms with Crippen molar-refractivity contribution in [3.8, 4) is 11.4 Å². The lowest BCUT2D eigenvalue weighted by molar-refractivity contribution is 0.408. The van der Waals surface area contributed by atoms with E-state index in [1.54, 1.807) is 11.8 Å². The van der Waals surface area contributed by atoms with Crippen LogP contribution in [0.3, 0.4) is 0 Å². The van der Waals surface area contributed by atoms with E-state index >= 15 is 0 Å². The number of nitrogen functional groups attached to an aromatic ring is 1. The molecule has 1 saturated carbocycles.